The molecular formula is C16H19N3O4. The summed E-state index contributed by atoms with van der Waals surface area (Å²) in [5, 5.41) is 7.05. The standard InChI is InChI=1S/C16H19N3O4/c1-11(16(21)17-10-12-4-2-8-22-12)19-15(20)7-6-13(18-19)14-5-3-9-23-14/h3,5-7,9,11-12H,2,4,8,10H2,1H3,(H,17,21). The van der Waals surface area contributed by atoms with Crippen LogP contribution in [0.5, 0.6) is 0 Å². The van der Waals surface area contributed by atoms with Crippen LogP contribution in [0.2, 0.25) is 0 Å². The maximum absolute atomic E-state index is 12.3. The predicted molar refractivity (Wildman–Crippen MR) is 82.9 cm³/mol. The first-order chi connectivity index (χ1) is 11.1. The summed E-state index contributed by atoms with van der Waals surface area (Å²) in [7, 11) is 0. The largest absolute Gasteiger partial charge is 0.463 e. The van der Waals surface area contributed by atoms with E-state index < -0.39 is 6.04 Å². The number of aromatic nitrogens is 2. The van der Waals surface area contributed by atoms with Crippen molar-refractivity contribution in [3.8, 4) is 11.5 Å². The highest BCUT2D eigenvalue weighted by molar-refractivity contribution is 5.79. The molecule has 7 heteroatoms. The van der Waals surface area contributed by atoms with Gasteiger partial charge in [0.05, 0.1) is 12.4 Å². The Labute approximate surface area is 133 Å². The summed E-state index contributed by atoms with van der Waals surface area (Å²) >= 11 is 0. The van der Waals surface area contributed by atoms with Gasteiger partial charge in [0.25, 0.3) is 5.56 Å². The van der Waals surface area contributed by atoms with Crippen LogP contribution in [0.3, 0.4) is 0 Å². The van der Waals surface area contributed by atoms with Crippen LogP contribution in [-0.2, 0) is 9.53 Å². The Hall–Kier alpha value is -2.41. The van der Waals surface area contributed by atoms with Crippen LogP contribution in [0.25, 0.3) is 11.5 Å². The molecule has 1 fully saturated rings. The average molecular weight is 317 g/mol. The van der Waals surface area contributed by atoms with Gasteiger partial charge in [-0.25, -0.2) is 4.68 Å². The molecule has 0 saturated carbocycles. The zero-order valence-corrected chi connectivity index (χ0v) is 12.9. The molecule has 1 N–H and O–H groups in total. The average Bonchev–Trinajstić information content (AvgIpc) is 3.25. The maximum atomic E-state index is 12.3. The van der Waals surface area contributed by atoms with E-state index >= 15 is 0 Å². The number of nitrogens with one attached hydrogen (secondary N) is 1. The second-order valence-corrected chi connectivity index (χ2v) is 5.53. The van der Waals surface area contributed by atoms with Crippen LogP contribution >= 0.6 is 0 Å². The molecule has 122 valence electrons. The van der Waals surface area contributed by atoms with E-state index in [1.54, 1.807) is 25.1 Å². The predicted octanol–water partition coefficient (Wildman–Crippen LogP) is 1.36. The number of carbonyl (C=O) groups excluding carboxylic acids is 1. The summed E-state index contributed by atoms with van der Waals surface area (Å²) in [4.78, 5) is 24.3. The molecule has 2 aromatic rings. The van der Waals surface area contributed by atoms with Gasteiger partial charge in [-0.1, -0.05) is 0 Å². The number of hydrogen-bond donors (Lipinski definition) is 1. The molecule has 0 aromatic carbocycles. The van der Waals surface area contributed by atoms with Crippen LogP contribution < -0.4 is 10.9 Å². The summed E-state index contributed by atoms with van der Waals surface area (Å²) < 4.78 is 11.9. The molecule has 0 bridgehead atoms. The molecule has 0 radical (unpaired) electrons. The van der Waals surface area contributed by atoms with E-state index in [0.29, 0.717) is 18.0 Å². The van der Waals surface area contributed by atoms with Gasteiger partial charge in [0.1, 0.15) is 11.7 Å². The number of ether oxygens (including phenoxy) is 1. The third-order valence-corrected chi connectivity index (χ3v) is 3.87. The molecule has 0 spiro atoms. The maximum Gasteiger partial charge on any atom is 0.267 e. The first-order valence-electron chi connectivity index (χ1n) is 7.68. The molecular weight excluding hydrogens is 298 g/mol. The Bertz CT molecular complexity index is 717. The summed E-state index contributed by atoms with van der Waals surface area (Å²) in [5.74, 6) is 0.289. The Balaban J connectivity index is 1.72. The van der Waals surface area contributed by atoms with Crippen molar-refractivity contribution in [2.45, 2.75) is 31.9 Å². The van der Waals surface area contributed by atoms with Gasteiger partial charge in [0.2, 0.25) is 5.91 Å². The van der Waals surface area contributed by atoms with Crippen LogP contribution in [0.4, 0.5) is 0 Å². The zero-order chi connectivity index (χ0) is 16.2. The van der Waals surface area contributed by atoms with Gasteiger partial charge in [-0.15, -0.1) is 0 Å². The lowest BCUT2D eigenvalue weighted by atomic mass is 10.2. The SMILES string of the molecule is CC(C(=O)NCC1CCCO1)n1nc(-c2ccco2)ccc1=O. The van der Waals surface area contributed by atoms with Crippen molar-refractivity contribution in [2.75, 3.05) is 13.2 Å². The van der Waals surface area contributed by atoms with Gasteiger partial charge in [-0.05, 0) is 38.0 Å². The molecule has 3 heterocycles. The van der Waals surface area contributed by atoms with E-state index in [1.165, 1.54) is 17.0 Å². The molecule has 23 heavy (non-hydrogen) atoms. The number of rotatable bonds is 5. The second kappa shape index (κ2) is 6.78. The van der Waals surface area contributed by atoms with E-state index in [-0.39, 0.29) is 17.6 Å². The monoisotopic (exact) mass is 317 g/mol. The normalized spacial score (nSPS) is 18.7. The van der Waals surface area contributed by atoms with Crippen LogP contribution in [0.15, 0.2) is 39.7 Å². The molecule has 1 saturated heterocycles. The third-order valence-electron chi connectivity index (χ3n) is 3.87. The smallest absolute Gasteiger partial charge is 0.267 e. The van der Waals surface area contributed by atoms with Crippen molar-refractivity contribution < 1.29 is 13.9 Å². The Morgan fingerprint density at radius 3 is 3.04 bits per heavy atom. The molecule has 2 unspecified atom stereocenters. The van der Waals surface area contributed by atoms with Crippen LogP contribution in [0.1, 0.15) is 25.8 Å². The lowest BCUT2D eigenvalue weighted by Gasteiger charge is -2.16. The fraction of sp³-hybridized carbons (Fsp3) is 0.438. The number of hydrogen-bond acceptors (Lipinski definition) is 5. The highest BCUT2D eigenvalue weighted by atomic mass is 16.5. The summed E-state index contributed by atoms with van der Waals surface area (Å²) in [5.41, 5.74) is 0.174. The molecule has 1 aliphatic heterocycles. The van der Waals surface area contributed by atoms with Crippen LogP contribution in [-0.4, -0.2) is 34.9 Å². The molecule has 1 amide bonds. The molecule has 2 aromatic heterocycles. The van der Waals surface area contributed by atoms with Crippen LogP contribution in [0, 0.1) is 0 Å². The minimum Gasteiger partial charge on any atom is -0.463 e. The number of amides is 1. The summed E-state index contributed by atoms with van der Waals surface area (Å²) in [6.45, 7) is 2.84. The summed E-state index contributed by atoms with van der Waals surface area (Å²) in [6, 6.07) is 5.74. The van der Waals surface area contributed by atoms with E-state index in [2.05, 4.69) is 10.4 Å². The van der Waals surface area contributed by atoms with Crippen molar-refractivity contribution in [3.05, 3.63) is 40.9 Å². The fourth-order valence-electron chi connectivity index (χ4n) is 2.54. The quantitative estimate of drug-likeness (QED) is 0.900. The number of carbonyl (C=O) groups is 1. The van der Waals surface area contributed by atoms with Crippen molar-refractivity contribution in [1.29, 1.82) is 0 Å². The Kier molecular flexibility index (Phi) is 4.57. The van der Waals surface area contributed by atoms with Crippen molar-refractivity contribution >= 4 is 5.91 Å². The Morgan fingerprint density at radius 2 is 2.35 bits per heavy atom. The Morgan fingerprint density at radius 1 is 1.48 bits per heavy atom. The topological polar surface area (TPSA) is 86.4 Å². The summed E-state index contributed by atoms with van der Waals surface area (Å²) in [6.07, 6.45) is 3.55. The van der Waals surface area contributed by atoms with E-state index in [9.17, 15) is 9.59 Å². The van der Waals surface area contributed by atoms with Gasteiger partial charge in [-0.3, -0.25) is 9.59 Å². The van der Waals surface area contributed by atoms with E-state index in [0.717, 1.165) is 19.4 Å². The fourth-order valence-corrected chi connectivity index (χ4v) is 2.54. The van der Waals surface area contributed by atoms with Gasteiger partial charge < -0.3 is 14.5 Å². The molecule has 3 rings (SSSR count). The highest BCUT2D eigenvalue weighted by Gasteiger charge is 2.21. The first kappa shape index (κ1) is 15.5. The second-order valence-electron chi connectivity index (χ2n) is 5.53. The molecule has 2 atom stereocenters. The van der Waals surface area contributed by atoms with Gasteiger partial charge in [-0.2, -0.15) is 5.10 Å². The van der Waals surface area contributed by atoms with Gasteiger partial charge >= 0.3 is 0 Å². The van der Waals surface area contributed by atoms with Crippen molar-refractivity contribution in [3.63, 3.8) is 0 Å². The first-order valence-corrected chi connectivity index (χ1v) is 7.68. The minimum atomic E-state index is -0.709. The molecule has 0 aliphatic carbocycles. The minimum absolute atomic E-state index is 0.0604. The zero-order valence-electron chi connectivity index (χ0n) is 12.9. The lowest BCUT2D eigenvalue weighted by Crippen LogP contribution is -2.39. The number of nitrogens with zero attached hydrogens (tertiary/aromatic N) is 2. The van der Waals surface area contributed by atoms with Crippen molar-refractivity contribution in [2.24, 2.45) is 0 Å². The molecule has 1 aliphatic rings. The van der Waals surface area contributed by atoms with E-state index in [4.69, 9.17) is 9.15 Å². The van der Waals surface area contributed by atoms with Gasteiger partial charge in [0, 0.05) is 19.2 Å². The van der Waals surface area contributed by atoms with Crippen molar-refractivity contribution in [1.82, 2.24) is 15.1 Å². The third kappa shape index (κ3) is 3.50. The molecule has 7 nitrogen and oxygen atoms in total. The highest BCUT2D eigenvalue weighted by Crippen LogP contribution is 2.16. The van der Waals surface area contributed by atoms with Gasteiger partial charge in [0.15, 0.2) is 5.76 Å². The number of furan rings is 1. The van der Waals surface area contributed by atoms with E-state index in [1.807, 2.05) is 0 Å². The lowest BCUT2D eigenvalue weighted by molar-refractivity contribution is -0.124.